The van der Waals surface area contributed by atoms with Gasteiger partial charge in [-0.1, -0.05) is 76.6 Å². The third kappa shape index (κ3) is 2.04. The molecule has 0 saturated heterocycles. The van der Waals surface area contributed by atoms with Gasteiger partial charge in [0.1, 0.15) is 0 Å². The first-order chi connectivity index (χ1) is 10.2. The fourth-order valence-corrected chi connectivity index (χ4v) is 4.16. The molecule has 0 heterocycles. The van der Waals surface area contributed by atoms with E-state index in [1.807, 2.05) is 0 Å². The molecule has 1 atom stereocenters. The van der Waals surface area contributed by atoms with Crippen LogP contribution in [0.5, 0.6) is 0 Å². The van der Waals surface area contributed by atoms with Crippen LogP contribution in [0.15, 0.2) is 65.1 Å². The zero-order valence-electron chi connectivity index (χ0n) is 11.8. The molecular formula is C20H15Br. The lowest BCUT2D eigenvalue weighted by molar-refractivity contribution is 1.05. The summed E-state index contributed by atoms with van der Waals surface area (Å²) in [7, 11) is 0. The zero-order valence-corrected chi connectivity index (χ0v) is 13.4. The molecule has 0 bridgehead atoms. The third-order valence-corrected chi connectivity index (χ3v) is 4.90. The molecule has 0 aromatic heterocycles. The van der Waals surface area contributed by atoms with Gasteiger partial charge >= 0.3 is 0 Å². The Morgan fingerprint density at radius 1 is 0.952 bits per heavy atom. The number of hydrogen-bond acceptors (Lipinski definition) is 0. The van der Waals surface area contributed by atoms with Crippen LogP contribution in [-0.4, -0.2) is 0 Å². The minimum atomic E-state index is 0.334. The van der Waals surface area contributed by atoms with Gasteiger partial charge in [0.15, 0.2) is 0 Å². The fourth-order valence-electron chi connectivity index (χ4n) is 3.32. The monoisotopic (exact) mass is 334 g/mol. The highest BCUT2D eigenvalue weighted by molar-refractivity contribution is 9.10. The van der Waals surface area contributed by atoms with Gasteiger partial charge in [0, 0.05) is 10.4 Å². The first-order valence-corrected chi connectivity index (χ1v) is 7.99. The van der Waals surface area contributed by atoms with E-state index < -0.39 is 0 Å². The van der Waals surface area contributed by atoms with Gasteiger partial charge in [-0.05, 0) is 46.0 Å². The van der Waals surface area contributed by atoms with Gasteiger partial charge in [-0.2, -0.15) is 0 Å². The summed E-state index contributed by atoms with van der Waals surface area (Å²) < 4.78 is 1.21. The van der Waals surface area contributed by atoms with E-state index >= 15 is 0 Å². The van der Waals surface area contributed by atoms with Gasteiger partial charge < -0.3 is 0 Å². The summed E-state index contributed by atoms with van der Waals surface area (Å²) in [6, 6.07) is 19.7. The maximum atomic E-state index is 3.76. The Balaban J connectivity index is 1.96. The van der Waals surface area contributed by atoms with Gasteiger partial charge in [0.25, 0.3) is 0 Å². The first kappa shape index (κ1) is 12.8. The minimum Gasteiger partial charge on any atom is -0.0720 e. The van der Waals surface area contributed by atoms with Crippen molar-refractivity contribution in [3.63, 3.8) is 0 Å². The van der Waals surface area contributed by atoms with Crippen molar-refractivity contribution in [1.82, 2.24) is 0 Å². The number of aryl methyl sites for hydroxylation is 1. The van der Waals surface area contributed by atoms with Crippen molar-refractivity contribution >= 4 is 32.8 Å². The number of benzene rings is 3. The molecule has 0 saturated carbocycles. The minimum absolute atomic E-state index is 0.334. The Labute approximate surface area is 133 Å². The Morgan fingerprint density at radius 2 is 1.76 bits per heavy atom. The summed E-state index contributed by atoms with van der Waals surface area (Å²) in [5, 5.41) is 2.65. The quantitative estimate of drug-likeness (QED) is 0.506. The number of fused-ring (bicyclic) bond motifs is 2. The predicted molar refractivity (Wildman–Crippen MR) is 93.7 cm³/mol. The summed E-state index contributed by atoms with van der Waals surface area (Å²) in [5.74, 6) is 0.334. The molecule has 1 unspecified atom stereocenters. The van der Waals surface area contributed by atoms with Gasteiger partial charge in [-0.25, -0.2) is 0 Å². The fraction of sp³-hybridized carbons (Fsp3) is 0.100. The van der Waals surface area contributed by atoms with Crippen molar-refractivity contribution in [3.8, 4) is 0 Å². The summed E-state index contributed by atoms with van der Waals surface area (Å²) >= 11 is 3.76. The summed E-state index contributed by atoms with van der Waals surface area (Å²) in [5.41, 5.74) is 5.40. The molecule has 21 heavy (non-hydrogen) atoms. The van der Waals surface area contributed by atoms with E-state index in [9.17, 15) is 0 Å². The Bertz CT molecular complexity index is 869. The normalized spacial score (nSPS) is 16.4. The Hall–Kier alpha value is -1.86. The molecule has 0 amide bonds. The number of hydrogen-bond donors (Lipinski definition) is 0. The lowest BCUT2D eigenvalue weighted by Crippen LogP contribution is -1.98. The standard InChI is InChI=1S/C20H15Br/c1-13-11-15-9-10-18(20(15)19(21)12-13)17-8-4-6-14-5-2-3-7-16(14)17/h2-12,18H,1H3. The molecule has 0 spiro atoms. The van der Waals surface area contributed by atoms with Gasteiger partial charge in [0.05, 0.1) is 0 Å². The first-order valence-electron chi connectivity index (χ1n) is 7.20. The Morgan fingerprint density at radius 3 is 2.67 bits per heavy atom. The SMILES string of the molecule is Cc1cc(Br)c2c(c1)C=CC2c1cccc2ccccc12. The maximum Gasteiger partial charge on any atom is 0.0296 e. The molecule has 0 aliphatic heterocycles. The van der Waals surface area contributed by atoms with Crippen LogP contribution < -0.4 is 0 Å². The van der Waals surface area contributed by atoms with Crippen LogP contribution in [0.4, 0.5) is 0 Å². The van der Waals surface area contributed by atoms with Crippen LogP contribution in [0.3, 0.4) is 0 Å². The molecule has 1 aliphatic carbocycles. The molecule has 3 aromatic rings. The third-order valence-electron chi connectivity index (χ3n) is 4.24. The Kier molecular flexibility index (Phi) is 2.97. The average molecular weight is 335 g/mol. The largest absolute Gasteiger partial charge is 0.0720 e. The van der Waals surface area contributed by atoms with E-state index in [1.165, 1.54) is 37.5 Å². The van der Waals surface area contributed by atoms with E-state index in [2.05, 4.69) is 89.6 Å². The lowest BCUT2D eigenvalue weighted by atomic mass is 9.89. The lowest BCUT2D eigenvalue weighted by Gasteiger charge is -2.16. The van der Waals surface area contributed by atoms with Crippen LogP contribution in [0.2, 0.25) is 0 Å². The highest BCUT2D eigenvalue weighted by atomic mass is 79.9. The van der Waals surface area contributed by atoms with Crippen molar-refractivity contribution in [3.05, 3.63) is 87.4 Å². The maximum absolute atomic E-state index is 3.76. The average Bonchev–Trinajstić information content (AvgIpc) is 2.90. The molecule has 0 radical (unpaired) electrons. The van der Waals surface area contributed by atoms with Gasteiger partial charge in [-0.3, -0.25) is 0 Å². The van der Waals surface area contributed by atoms with Crippen LogP contribution in [0.1, 0.15) is 28.2 Å². The van der Waals surface area contributed by atoms with E-state index in [0.717, 1.165) is 0 Å². The van der Waals surface area contributed by atoms with E-state index in [-0.39, 0.29) is 0 Å². The van der Waals surface area contributed by atoms with Crippen LogP contribution in [0, 0.1) is 6.92 Å². The van der Waals surface area contributed by atoms with Crippen molar-refractivity contribution in [2.45, 2.75) is 12.8 Å². The molecule has 0 nitrogen and oxygen atoms in total. The topological polar surface area (TPSA) is 0 Å². The van der Waals surface area contributed by atoms with Crippen molar-refractivity contribution < 1.29 is 0 Å². The van der Waals surface area contributed by atoms with Crippen LogP contribution in [0.25, 0.3) is 16.8 Å². The van der Waals surface area contributed by atoms with Gasteiger partial charge in [-0.15, -0.1) is 0 Å². The zero-order chi connectivity index (χ0) is 14.4. The van der Waals surface area contributed by atoms with E-state index in [0.29, 0.717) is 5.92 Å². The summed E-state index contributed by atoms with van der Waals surface area (Å²) in [6.07, 6.45) is 4.57. The van der Waals surface area contributed by atoms with Crippen molar-refractivity contribution in [1.29, 1.82) is 0 Å². The molecule has 3 aromatic carbocycles. The second-order valence-electron chi connectivity index (χ2n) is 5.65. The number of halogens is 1. The highest BCUT2D eigenvalue weighted by Crippen LogP contribution is 2.42. The van der Waals surface area contributed by atoms with Crippen LogP contribution >= 0.6 is 15.9 Å². The molecule has 4 rings (SSSR count). The molecule has 1 aliphatic rings. The second-order valence-corrected chi connectivity index (χ2v) is 6.51. The summed E-state index contributed by atoms with van der Waals surface area (Å²) in [4.78, 5) is 0. The predicted octanol–water partition coefficient (Wildman–Crippen LogP) is 6.07. The van der Waals surface area contributed by atoms with Gasteiger partial charge in [0.2, 0.25) is 0 Å². The van der Waals surface area contributed by atoms with E-state index in [4.69, 9.17) is 0 Å². The van der Waals surface area contributed by atoms with E-state index in [1.54, 1.807) is 0 Å². The molecule has 0 fully saturated rings. The van der Waals surface area contributed by atoms with Crippen molar-refractivity contribution in [2.75, 3.05) is 0 Å². The summed E-state index contributed by atoms with van der Waals surface area (Å²) in [6.45, 7) is 2.14. The number of rotatable bonds is 1. The number of allylic oxidation sites excluding steroid dienone is 1. The molecule has 102 valence electrons. The highest BCUT2D eigenvalue weighted by Gasteiger charge is 2.23. The molecule has 1 heteroatoms. The van der Waals surface area contributed by atoms with Crippen LogP contribution in [-0.2, 0) is 0 Å². The second kappa shape index (κ2) is 4.85. The smallest absolute Gasteiger partial charge is 0.0296 e. The van der Waals surface area contributed by atoms with Crippen molar-refractivity contribution in [2.24, 2.45) is 0 Å². The molecule has 0 N–H and O–H groups in total. The molecular weight excluding hydrogens is 320 g/mol.